The van der Waals surface area contributed by atoms with Crippen molar-refractivity contribution in [3.8, 4) is 0 Å². The van der Waals surface area contributed by atoms with Crippen LogP contribution in [0, 0.1) is 5.41 Å². The van der Waals surface area contributed by atoms with Crippen molar-refractivity contribution < 1.29 is 22.7 Å². The molecule has 2 N–H and O–H groups in total. The Morgan fingerprint density at radius 3 is 2.25 bits per heavy atom. The van der Waals surface area contributed by atoms with Gasteiger partial charge in [-0.2, -0.15) is 13.2 Å². The van der Waals surface area contributed by atoms with E-state index in [2.05, 4.69) is 4.74 Å². The molecule has 1 atom stereocenters. The Bertz CT molecular complexity index is 250. The van der Waals surface area contributed by atoms with Crippen LogP contribution < -0.4 is 5.32 Å². The molecule has 0 spiro atoms. The molecule has 4 nitrogen and oxygen atoms in total. The number of carbonyl (C=O) groups excluding carboxylic acids is 1. The minimum atomic E-state index is -4.81. The van der Waals surface area contributed by atoms with Gasteiger partial charge >= 0.3 is 6.18 Å². The van der Waals surface area contributed by atoms with Crippen LogP contribution in [0.1, 0.15) is 6.92 Å². The summed E-state index contributed by atoms with van der Waals surface area (Å²) in [6.45, 7) is 0.573. The molecule has 1 aliphatic heterocycles. The van der Waals surface area contributed by atoms with Gasteiger partial charge in [-0.15, -0.1) is 0 Å². The van der Waals surface area contributed by atoms with Crippen LogP contribution >= 0.6 is 0 Å². The highest BCUT2D eigenvalue weighted by Crippen LogP contribution is 2.35. The molecule has 0 aromatic rings. The SMILES string of the molecule is CC1(C(F)(F)F)OC(=N)NC1=O. The average molecular weight is 182 g/mol. The van der Waals surface area contributed by atoms with Crippen molar-refractivity contribution in [2.24, 2.45) is 0 Å². The third-order valence-electron chi connectivity index (χ3n) is 1.51. The summed E-state index contributed by atoms with van der Waals surface area (Å²) < 4.78 is 40.3. The number of hydrogen-bond donors (Lipinski definition) is 2. The molecule has 7 heteroatoms. The van der Waals surface area contributed by atoms with Gasteiger partial charge in [-0.1, -0.05) is 0 Å². The van der Waals surface area contributed by atoms with Crippen LogP contribution in [-0.4, -0.2) is 23.7 Å². The van der Waals surface area contributed by atoms with Crippen LogP contribution in [-0.2, 0) is 9.53 Å². The molecule has 1 amide bonds. The number of amides is 1. The van der Waals surface area contributed by atoms with E-state index < -0.39 is 23.7 Å². The van der Waals surface area contributed by atoms with Crippen molar-refractivity contribution in [2.45, 2.75) is 18.7 Å². The van der Waals surface area contributed by atoms with E-state index >= 15 is 0 Å². The molecule has 0 bridgehead atoms. The Morgan fingerprint density at radius 1 is 1.58 bits per heavy atom. The van der Waals surface area contributed by atoms with Crippen molar-refractivity contribution >= 4 is 11.9 Å². The maximum atomic E-state index is 12.1. The van der Waals surface area contributed by atoms with Gasteiger partial charge in [0.25, 0.3) is 17.5 Å². The van der Waals surface area contributed by atoms with E-state index in [1.807, 2.05) is 0 Å². The van der Waals surface area contributed by atoms with E-state index in [0.29, 0.717) is 6.92 Å². The Balaban J connectivity index is 3.00. The second-order valence-electron chi connectivity index (χ2n) is 2.42. The highest BCUT2D eigenvalue weighted by Gasteiger charge is 2.63. The van der Waals surface area contributed by atoms with Crippen molar-refractivity contribution in [3.63, 3.8) is 0 Å². The first-order valence-corrected chi connectivity index (χ1v) is 2.93. The zero-order chi connectivity index (χ0) is 9.57. The molecular formula is C5H5F3N2O2. The van der Waals surface area contributed by atoms with Crippen LogP contribution in [0.15, 0.2) is 0 Å². The van der Waals surface area contributed by atoms with Gasteiger partial charge < -0.3 is 4.74 Å². The van der Waals surface area contributed by atoms with Gasteiger partial charge in [0.1, 0.15) is 0 Å². The van der Waals surface area contributed by atoms with Crippen molar-refractivity contribution in [1.29, 1.82) is 5.41 Å². The van der Waals surface area contributed by atoms with Crippen LogP contribution in [0.25, 0.3) is 0 Å². The van der Waals surface area contributed by atoms with Crippen molar-refractivity contribution in [1.82, 2.24) is 5.32 Å². The summed E-state index contributed by atoms with van der Waals surface area (Å²) in [6.07, 6.45) is -4.81. The van der Waals surface area contributed by atoms with E-state index in [1.165, 1.54) is 0 Å². The first-order chi connectivity index (χ1) is 5.27. The number of rotatable bonds is 0. The molecule has 0 aromatic heterocycles. The molecule has 1 aliphatic rings. The number of nitrogens with one attached hydrogen (secondary N) is 2. The summed E-state index contributed by atoms with van der Waals surface area (Å²) >= 11 is 0. The third-order valence-corrected chi connectivity index (χ3v) is 1.51. The lowest BCUT2D eigenvalue weighted by Crippen LogP contribution is -2.49. The molecule has 12 heavy (non-hydrogen) atoms. The maximum absolute atomic E-state index is 12.1. The molecule has 68 valence electrons. The Morgan fingerprint density at radius 2 is 2.08 bits per heavy atom. The monoisotopic (exact) mass is 182 g/mol. The summed E-state index contributed by atoms with van der Waals surface area (Å²) in [6, 6.07) is -0.875. The fourth-order valence-electron chi connectivity index (χ4n) is 0.685. The first-order valence-electron chi connectivity index (χ1n) is 2.93. The third kappa shape index (κ3) is 1.01. The van der Waals surface area contributed by atoms with Crippen LogP contribution in [0.5, 0.6) is 0 Å². The van der Waals surface area contributed by atoms with E-state index in [4.69, 9.17) is 5.41 Å². The Kier molecular flexibility index (Phi) is 1.55. The predicted octanol–water partition coefficient (Wildman–Crippen LogP) is 0.389. The molecule has 1 fully saturated rings. The summed E-state index contributed by atoms with van der Waals surface area (Å²) in [7, 11) is 0. The minimum Gasteiger partial charge on any atom is -0.439 e. The second-order valence-corrected chi connectivity index (χ2v) is 2.42. The molecular weight excluding hydrogens is 177 g/mol. The van der Waals surface area contributed by atoms with Gasteiger partial charge in [-0.25, -0.2) is 0 Å². The first kappa shape index (κ1) is 8.82. The summed E-state index contributed by atoms with van der Waals surface area (Å²) in [5, 5.41) is 8.28. The van der Waals surface area contributed by atoms with E-state index in [0.717, 1.165) is 0 Å². The molecule has 1 rings (SSSR count). The number of halogens is 3. The van der Waals surface area contributed by atoms with E-state index in [9.17, 15) is 18.0 Å². The molecule has 0 aliphatic carbocycles. The lowest BCUT2D eigenvalue weighted by atomic mass is 10.1. The maximum Gasteiger partial charge on any atom is 0.437 e. The molecule has 0 saturated carbocycles. The summed E-state index contributed by atoms with van der Waals surface area (Å²) in [4.78, 5) is 10.7. The minimum absolute atomic E-state index is 0.573. The molecule has 1 unspecified atom stereocenters. The summed E-state index contributed by atoms with van der Waals surface area (Å²) in [5.74, 6) is -1.36. The molecule has 1 heterocycles. The lowest BCUT2D eigenvalue weighted by molar-refractivity contribution is -0.232. The van der Waals surface area contributed by atoms with Gasteiger partial charge in [-0.05, 0) is 6.92 Å². The number of ether oxygens (including phenoxy) is 1. The average Bonchev–Trinajstić information content (AvgIpc) is 2.06. The Labute approximate surface area is 65.2 Å². The smallest absolute Gasteiger partial charge is 0.437 e. The number of alkyl halides is 3. The fourth-order valence-corrected chi connectivity index (χ4v) is 0.685. The highest BCUT2D eigenvalue weighted by molar-refractivity contribution is 6.03. The van der Waals surface area contributed by atoms with Gasteiger partial charge in [-0.3, -0.25) is 15.5 Å². The Hall–Kier alpha value is -1.27. The number of amidine groups is 1. The fraction of sp³-hybridized carbons (Fsp3) is 0.600. The topological polar surface area (TPSA) is 62.2 Å². The van der Waals surface area contributed by atoms with Crippen molar-refractivity contribution in [2.75, 3.05) is 0 Å². The van der Waals surface area contributed by atoms with Gasteiger partial charge in [0.15, 0.2) is 0 Å². The van der Waals surface area contributed by atoms with E-state index in [-0.39, 0.29) is 0 Å². The summed E-state index contributed by atoms with van der Waals surface area (Å²) in [5.41, 5.74) is -2.91. The van der Waals surface area contributed by atoms with Gasteiger partial charge in [0, 0.05) is 0 Å². The van der Waals surface area contributed by atoms with Crippen LogP contribution in [0.2, 0.25) is 0 Å². The second kappa shape index (κ2) is 2.11. The van der Waals surface area contributed by atoms with Gasteiger partial charge in [0.2, 0.25) is 0 Å². The quantitative estimate of drug-likeness (QED) is 0.569. The zero-order valence-electron chi connectivity index (χ0n) is 5.95. The number of hydrogen-bond acceptors (Lipinski definition) is 3. The molecule has 1 saturated heterocycles. The van der Waals surface area contributed by atoms with Crippen LogP contribution in [0.4, 0.5) is 13.2 Å². The molecule has 0 radical (unpaired) electrons. The van der Waals surface area contributed by atoms with Gasteiger partial charge in [0.05, 0.1) is 0 Å². The normalized spacial score (nSPS) is 30.0. The van der Waals surface area contributed by atoms with E-state index in [1.54, 1.807) is 5.32 Å². The zero-order valence-corrected chi connectivity index (χ0v) is 5.95. The highest BCUT2D eigenvalue weighted by atomic mass is 19.4. The van der Waals surface area contributed by atoms with Crippen LogP contribution in [0.3, 0.4) is 0 Å². The predicted molar refractivity (Wildman–Crippen MR) is 31.4 cm³/mol. The standard InChI is InChI=1S/C5H5F3N2O2/c1-4(5(6,7)8)2(11)10-3(9)12-4/h1H3,(H2,9,10,11). The molecule has 0 aromatic carbocycles. The number of carbonyl (C=O) groups is 1. The lowest BCUT2D eigenvalue weighted by Gasteiger charge is -2.22. The van der Waals surface area contributed by atoms with Crippen molar-refractivity contribution in [3.05, 3.63) is 0 Å². The largest absolute Gasteiger partial charge is 0.439 e.